The molecule has 10 N–H and O–H groups in total. The molecule has 8 atom stereocenters. The van der Waals surface area contributed by atoms with Crippen LogP contribution in [0.2, 0.25) is 0 Å². The van der Waals surface area contributed by atoms with Crippen LogP contribution < -0.4 is 17.2 Å². The molecule has 25 heteroatoms. The van der Waals surface area contributed by atoms with E-state index in [0.29, 0.717) is 0 Å². The molecule has 0 bridgehead atoms. The Labute approximate surface area is 256 Å². The Balaban J connectivity index is 1.23. The summed E-state index contributed by atoms with van der Waals surface area (Å²) in [6, 6.07) is 0. The molecule has 4 aromatic heterocycles. The van der Waals surface area contributed by atoms with Gasteiger partial charge in [-0.3, -0.25) is 18.2 Å². The van der Waals surface area contributed by atoms with Crippen LogP contribution in [-0.4, -0.2) is 103 Å². The highest BCUT2D eigenvalue weighted by Crippen LogP contribution is 2.51. The van der Waals surface area contributed by atoms with Crippen molar-refractivity contribution >= 4 is 55.8 Å². The first-order valence-corrected chi connectivity index (χ1v) is 15.9. The number of aromatic nitrogens is 8. The normalized spacial score (nSPS) is 26.6. The molecule has 22 nitrogen and oxygen atoms in total. The standard InChI is InChI=1S/C21H24FN11O11P2/c22-9-13(40-6-45(36)37)8(43-19(9)33-5-29-11-16(24)30-21(25)31-18(11)33)2-41-46(38,39)44-14-12(35)7(1-34)42-20(14)32-4-28-10-15(23)26-3-27-17(10)32/h3-5,8-9,13-14,19-20,34H,1-2,6H2,(H8-,23,24,25,26,27,30,31,35,36,37,38,39)/p+1. The summed E-state index contributed by atoms with van der Waals surface area (Å²) in [6.07, 6.45) is -7.20. The predicted molar refractivity (Wildman–Crippen MR) is 150 cm³/mol. The van der Waals surface area contributed by atoms with Gasteiger partial charge in [0.1, 0.15) is 42.5 Å². The fourth-order valence-electron chi connectivity index (χ4n) is 4.93. The number of hydrogen-bond donors (Lipinski definition) is 7. The van der Waals surface area contributed by atoms with E-state index in [1.54, 1.807) is 0 Å². The number of hydrogen-bond acceptors (Lipinski definition) is 18. The van der Waals surface area contributed by atoms with Crippen LogP contribution in [0.3, 0.4) is 0 Å². The number of nitrogens with two attached hydrogens (primary N) is 3. The largest absolute Gasteiger partial charge is 0.534 e. The number of imidazole rings is 2. The molecule has 1 fully saturated rings. The lowest BCUT2D eigenvalue weighted by molar-refractivity contribution is -0.0607. The third-order valence-corrected chi connectivity index (χ3v) is 8.25. The molecule has 6 heterocycles. The molecule has 0 saturated carbocycles. The molecular weight excluding hydrogens is 663 g/mol. The average molecular weight is 688 g/mol. The van der Waals surface area contributed by atoms with Crippen LogP contribution in [-0.2, 0) is 32.4 Å². The third-order valence-electron chi connectivity index (χ3n) is 6.91. The van der Waals surface area contributed by atoms with Crippen molar-refractivity contribution in [2.24, 2.45) is 0 Å². The Morgan fingerprint density at radius 2 is 1.74 bits per heavy atom. The van der Waals surface area contributed by atoms with Gasteiger partial charge in [-0.25, -0.2) is 28.9 Å². The molecule has 246 valence electrons. The lowest BCUT2D eigenvalue weighted by Crippen LogP contribution is -2.34. The maximum atomic E-state index is 15.8. The summed E-state index contributed by atoms with van der Waals surface area (Å²) < 4.78 is 69.6. The van der Waals surface area contributed by atoms with Crippen molar-refractivity contribution in [1.29, 1.82) is 0 Å². The van der Waals surface area contributed by atoms with Crippen molar-refractivity contribution in [3.05, 3.63) is 30.5 Å². The lowest BCUT2D eigenvalue weighted by Gasteiger charge is -2.24. The number of anilines is 3. The highest BCUT2D eigenvalue weighted by atomic mass is 31.2. The minimum atomic E-state index is -5.18. The third kappa shape index (κ3) is 5.79. The zero-order valence-corrected chi connectivity index (χ0v) is 24.8. The summed E-state index contributed by atoms with van der Waals surface area (Å²) in [6.45, 7) is -1.67. The topological polar surface area (TPSA) is 326 Å². The van der Waals surface area contributed by atoms with Crippen LogP contribution in [0.15, 0.2) is 30.5 Å². The molecule has 46 heavy (non-hydrogen) atoms. The number of phosphoric acid groups is 1. The van der Waals surface area contributed by atoms with Crippen molar-refractivity contribution in [2.45, 2.75) is 36.9 Å². The molecule has 0 amide bonds. The molecular formula is C21H25FN11O11P2+. The molecule has 1 saturated heterocycles. The van der Waals surface area contributed by atoms with Gasteiger partial charge in [0.2, 0.25) is 12.2 Å². The SMILES string of the molecule is Nc1nc(N)c2ncn(C3OC(COP(=O)(O)OC4C(O)=C(CO)OC4n4cnc5c(N)ncnc54)C(OC[P+](=O)O)C3F)c2n1. The minimum absolute atomic E-state index is 0.00403. The number of fused-ring (bicyclic) bond motifs is 2. The van der Waals surface area contributed by atoms with Crippen LogP contribution in [0, 0.1) is 0 Å². The second-order valence-corrected chi connectivity index (χ2v) is 12.1. The Hall–Kier alpha value is -4.18. The minimum Gasteiger partial charge on any atom is -0.506 e. The first kappa shape index (κ1) is 31.8. The molecule has 0 aromatic carbocycles. The summed E-state index contributed by atoms with van der Waals surface area (Å²) in [5.41, 5.74) is 17.6. The molecule has 0 spiro atoms. The van der Waals surface area contributed by atoms with E-state index in [4.69, 9.17) is 40.5 Å². The summed E-state index contributed by atoms with van der Waals surface area (Å²) in [4.78, 5) is 43.7. The van der Waals surface area contributed by atoms with E-state index in [9.17, 15) is 29.1 Å². The van der Waals surface area contributed by atoms with E-state index in [1.165, 1.54) is 10.9 Å². The highest BCUT2D eigenvalue weighted by molar-refractivity contribution is 7.47. The monoisotopic (exact) mass is 688 g/mol. The van der Waals surface area contributed by atoms with E-state index in [1.807, 2.05) is 0 Å². The molecule has 0 radical (unpaired) electrons. The average Bonchev–Trinajstić information content (AvgIpc) is 3.76. The van der Waals surface area contributed by atoms with Gasteiger partial charge in [0.15, 0.2) is 53.0 Å². The van der Waals surface area contributed by atoms with Crippen LogP contribution in [0.5, 0.6) is 0 Å². The van der Waals surface area contributed by atoms with Crippen molar-refractivity contribution in [2.75, 3.05) is 36.8 Å². The van der Waals surface area contributed by atoms with Gasteiger partial charge in [0.05, 0.1) is 12.9 Å². The van der Waals surface area contributed by atoms with Gasteiger partial charge in [-0.15, -0.1) is 0 Å². The maximum Gasteiger partial charge on any atom is 0.534 e. The number of alkyl halides is 1. The van der Waals surface area contributed by atoms with E-state index in [0.717, 1.165) is 17.2 Å². The van der Waals surface area contributed by atoms with Crippen molar-refractivity contribution < 1.29 is 56.8 Å². The first-order chi connectivity index (χ1) is 21.9. The van der Waals surface area contributed by atoms with Crippen molar-refractivity contribution in [3.63, 3.8) is 0 Å². The van der Waals surface area contributed by atoms with E-state index in [2.05, 4.69) is 29.9 Å². The molecule has 0 aliphatic carbocycles. The number of halogens is 1. The molecule has 8 unspecified atom stereocenters. The summed E-state index contributed by atoms with van der Waals surface area (Å²) in [5.74, 6) is -1.44. The van der Waals surface area contributed by atoms with Crippen molar-refractivity contribution in [3.8, 4) is 0 Å². The Morgan fingerprint density at radius 1 is 1.04 bits per heavy atom. The predicted octanol–water partition coefficient (Wildman–Crippen LogP) is -0.481. The lowest BCUT2D eigenvalue weighted by atomic mass is 10.1. The Morgan fingerprint density at radius 3 is 2.43 bits per heavy atom. The van der Waals surface area contributed by atoms with Gasteiger partial charge in [-0.1, -0.05) is 0 Å². The van der Waals surface area contributed by atoms with E-state index < -0.39 is 78.1 Å². The summed E-state index contributed by atoms with van der Waals surface area (Å²) in [5, 5.41) is 20.3. The Kier molecular flexibility index (Phi) is 8.43. The fourth-order valence-corrected chi connectivity index (χ4v) is 6.11. The van der Waals surface area contributed by atoms with Gasteiger partial charge in [-0.2, -0.15) is 14.9 Å². The number of aliphatic hydroxyl groups excluding tert-OH is 2. The van der Waals surface area contributed by atoms with Gasteiger partial charge in [0.25, 0.3) is 6.35 Å². The molecule has 2 aliphatic heterocycles. The number of nitrogens with zero attached hydrogens (tertiary/aromatic N) is 8. The van der Waals surface area contributed by atoms with Gasteiger partial charge in [-0.05, 0) is 4.57 Å². The van der Waals surface area contributed by atoms with Gasteiger partial charge in [0, 0.05) is 0 Å². The zero-order chi connectivity index (χ0) is 32.9. The van der Waals surface area contributed by atoms with E-state index >= 15 is 4.39 Å². The molecule has 2 aliphatic rings. The van der Waals surface area contributed by atoms with Crippen molar-refractivity contribution in [1.82, 2.24) is 39.0 Å². The summed E-state index contributed by atoms with van der Waals surface area (Å²) >= 11 is 0. The zero-order valence-electron chi connectivity index (χ0n) is 23.0. The molecule has 6 rings (SSSR count). The number of nitrogen functional groups attached to an aromatic ring is 3. The molecule has 4 aromatic rings. The number of rotatable bonds is 11. The highest BCUT2D eigenvalue weighted by Gasteiger charge is 2.50. The van der Waals surface area contributed by atoms with E-state index in [-0.39, 0.29) is 45.7 Å². The van der Waals surface area contributed by atoms with Gasteiger partial charge < -0.3 is 46.5 Å². The van der Waals surface area contributed by atoms with Crippen LogP contribution >= 0.6 is 15.9 Å². The summed E-state index contributed by atoms with van der Waals surface area (Å²) in [7, 11) is -8.05. The fraction of sp³-hybridized carbons (Fsp3) is 0.429. The smallest absolute Gasteiger partial charge is 0.506 e. The van der Waals surface area contributed by atoms with Crippen LogP contribution in [0.25, 0.3) is 22.3 Å². The van der Waals surface area contributed by atoms with Crippen LogP contribution in [0.4, 0.5) is 22.0 Å². The quantitative estimate of drug-likeness (QED) is 0.0978. The number of aliphatic hydroxyl groups is 2. The van der Waals surface area contributed by atoms with Gasteiger partial charge >= 0.3 is 15.9 Å². The Bertz CT molecular complexity index is 1890. The number of phosphoric ester groups is 1. The second-order valence-electron chi connectivity index (χ2n) is 9.76. The number of ether oxygens (including phenoxy) is 3. The maximum absolute atomic E-state index is 15.8. The van der Waals surface area contributed by atoms with Crippen LogP contribution in [0.1, 0.15) is 12.5 Å². The second kappa shape index (κ2) is 12.2. The first-order valence-electron chi connectivity index (χ1n) is 13.0.